The molecule has 0 rings (SSSR count). The zero-order valence-electron chi connectivity index (χ0n) is 15.3. The molecule has 2 N–H and O–H groups in total. The number of amides is 1. The zero-order valence-corrected chi connectivity index (χ0v) is 17.1. The fraction of sp³-hybridized carbons (Fsp3) is 0.933. The minimum atomic E-state index is -1.99. The van der Waals surface area contributed by atoms with Crippen molar-refractivity contribution in [2.45, 2.75) is 77.8 Å². The first-order valence-electron chi connectivity index (χ1n) is 7.73. The van der Waals surface area contributed by atoms with Crippen molar-refractivity contribution in [2.24, 2.45) is 11.7 Å². The lowest BCUT2D eigenvalue weighted by Crippen LogP contribution is -2.46. The molecule has 7 heteroatoms. The van der Waals surface area contributed by atoms with E-state index in [1.165, 1.54) is 6.26 Å². The Hall–Kier alpha value is -0.243. The Morgan fingerprint density at radius 1 is 1.27 bits per heavy atom. The van der Waals surface area contributed by atoms with Crippen molar-refractivity contribution in [1.29, 1.82) is 0 Å². The number of carbonyl (C=O) groups excluding carboxylic acids is 1. The standard InChI is InChI=1S/C15H33NO4SSi/c1-11(9-12(2)19-21(6)18)13(10-14(16)17)20-22(7,8)15(3,4)5/h11-13H,9-10H2,1-8H3,(H2,16,17)/t11-,12?,13+,21?/m1/s1. The van der Waals surface area contributed by atoms with Crippen LogP contribution in [-0.4, -0.2) is 36.9 Å². The molecule has 4 atom stereocenters. The highest BCUT2D eigenvalue weighted by molar-refractivity contribution is 7.79. The van der Waals surface area contributed by atoms with Gasteiger partial charge < -0.3 is 10.2 Å². The van der Waals surface area contributed by atoms with Crippen LogP contribution in [0.25, 0.3) is 0 Å². The molecule has 0 aromatic rings. The van der Waals surface area contributed by atoms with Crippen LogP contribution in [0.4, 0.5) is 0 Å². The molecule has 0 bridgehead atoms. The first-order valence-corrected chi connectivity index (χ1v) is 12.1. The summed E-state index contributed by atoms with van der Waals surface area (Å²) in [6.07, 6.45) is 2.00. The van der Waals surface area contributed by atoms with Crippen LogP contribution in [0.2, 0.25) is 18.1 Å². The number of rotatable bonds is 9. The molecule has 0 heterocycles. The van der Waals surface area contributed by atoms with Crippen LogP contribution in [0.5, 0.6) is 0 Å². The molecule has 0 aliphatic carbocycles. The molecular weight excluding hydrogens is 318 g/mol. The van der Waals surface area contributed by atoms with Gasteiger partial charge in [0.25, 0.3) is 0 Å². The summed E-state index contributed by atoms with van der Waals surface area (Å²) in [7, 11) is -1.99. The van der Waals surface area contributed by atoms with Crippen molar-refractivity contribution in [3.63, 3.8) is 0 Å². The molecule has 0 aliphatic rings. The highest BCUT2D eigenvalue weighted by Gasteiger charge is 2.40. The summed E-state index contributed by atoms with van der Waals surface area (Å²) in [5.41, 5.74) is 5.39. The monoisotopic (exact) mass is 351 g/mol. The zero-order chi connectivity index (χ0) is 17.7. The van der Waals surface area contributed by atoms with Gasteiger partial charge in [-0.2, -0.15) is 0 Å². The molecular formula is C15H33NO4SSi. The van der Waals surface area contributed by atoms with E-state index in [2.05, 4.69) is 33.9 Å². The van der Waals surface area contributed by atoms with Gasteiger partial charge in [-0.15, -0.1) is 0 Å². The molecule has 132 valence electrons. The van der Waals surface area contributed by atoms with E-state index in [0.29, 0.717) is 6.42 Å². The van der Waals surface area contributed by atoms with Crippen molar-refractivity contribution < 1.29 is 17.6 Å². The summed E-state index contributed by atoms with van der Waals surface area (Å²) < 4.78 is 22.8. The lowest BCUT2D eigenvalue weighted by atomic mass is 9.96. The molecule has 22 heavy (non-hydrogen) atoms. The Morgan fingerprint density at radius 2 is 1.77 bits per heavy atom. The molecule has 0 saturated heterocycles. The maximum atomic E-state index is 11.4. The molecule has 5 nitrogen and oxygen atoms in total. The SMILES string of the molecule is CC(C[C@@H](C)[C@H](CC(N)=O)O[Si](C)(C)C(C)(C)C)OS(C)=O. The van der Waals surface area contributed by atoms with E-state index in [9.17, 15) is 9.00 Å². The largest absolute Gasteiger partial charge is 0.413 e. The molecule has 0 aromatic carbocycles. The van der Waals surface area contributed by atoms with Crippen LogP contribution in [-0.2, 0) is 24.5 Å². The van der Waals surface area contributed by atoms with Gasteiger partial charge in [-0.3, -0.25) is 8.98 Å². The Bertz CT molecular complexity index is 395. The summed E-state index contributed by atoms with van der Waals surface area (Å²) in [5.74, 6) is -0.261. The van der Waals surface area contributed by atoms with Gasteiger partial charge in [-0.1, -0.05) is 27.7 Å². The van der Waals surface area contributed by atoms with E-state index in [-0.39, 0.29) is 35.5 Å². The van der Waals surface area contributed by atoms with Crippen LogP contribution >= 0.6 is 0 Å². The fourth-order valence-electron chi connectivity index (χ4n) is 2.06. The van der Waals surface area contributed by atoms with Crippen LogP contribution in [0.1, 0.15) is 47.5 Å². The average Bonchev–Trinajstić information content (AvgIpc) is 2.23. The third-order valence-corrected chi connectivity index (χ3v) is 9.40. The summed E-state index contributed by atoms with van der Waals surface area (Å²) in [4.78, 5) is 11.4. The third kappa shape index (κ3) is 7.85. The molecule has 0 aliphatic heterocycles. The summed E-state index contributed by atoms with van der Waals surface area (Å²) >= 11 is -1.29. The van der Waals surface area contributed by atoms with Gasteiger partial charge in [0.05, 0.1) is 18.6 Å². The number of carbonyl (C=O) groups is 1. The van der Waals surface area contributed by atoms with Gasteiger partial charge in [-0.25, -0.2) is 4.21 Å². The number of primary amides is 1. The minimum Gasteiger partial charge on any atom is -0.413 e. The smallest absolute Gasteiger partial charge is 0.219 e. The van der Waals surface area contributed by atoms with E-state index in [0.717, 1.165) is 0 Å². The first kappa shape index (κ1) is 21.8. The summed E-state index contributed by atoms with van der Waals surface area (Å²) in [6, 6.07) is 0. The molecule has 1 amide bonds. The molecule has 0 saturated carbocycles. The lowest BCUT2D eigenvalue weighted by molar-refractivity contribution is -0.120. The fourth-order valence-corrected chi connectivity index (χ4v) is 4.03. The average molecular weight is 352 g/mol. The van der Waals surface area contributed by atoms with Gasteiger partial charge >= 0.3 is 0 Å². The summed E-state index contributed by atoms with van der Waals surface area (Å²) in [5, 5.41) is 0.0651. The predicted octanol–water partition coefficient (Wildman–Crippen LogP) is 2.98. The molecule has 0 radical (unpaired) electrons. The lowest BCUT2D eigenvalue weighted by Gasteiger charge is -2.41. The third-order valence-electron chi connectivity index (χ3n) is 4.29. The quantitative estimate of drug-likeness (QED) is 0.648. The highest BCUT2D eigenvalue weighted by atomic mass is 32.2. The van der Waals surface area contributed by atoms with Gasteiger partial charge in [0.1, 0.15) is 0 Å². The van der Waals surface area contributed by atoms with E-state index >= 15 is 0 Å². The van der Waals surface area contributed by atoms with Crippen LogP contribution < -0.4 is 5.73 Å². The topological polar surface area (TPSA) is 78.6 Å². The van der Waals surface area contributed by atoms with Gasteiger partial charge in [0, 0.05) is 6.26 Å². The summed E-state index contributed by atoms with van der Waals surface area (Å²) in [6.45, 7) is 14.7. The van der Waals surface area contributed by atoms with Crippen LogP contribution in [0.3, 0.4) is 0 Å². The Balaban J connectivity index is 4.97. The van der Waals surface area contributed by atoms with E-state index in [1.54, 1.807) is 0 Å². The number of hydrogen-bond donors (Lipinski definition) is 1. The van der Waals surface area contributed by atoms with Gasteiger partial charge in [0.2, 0.25) is 5.91 Å². The van der Waals surface area contributed by atoms with Crippen molar-refractivity contribution in [3.05, 3.63) is 0 Å². The second-order valence-corrected chi connectivity index (χ2v) is 13.4. The highest BCUT2D eigenvalue weighted by Crippen LogP contribution is 2.38. The van der Waals surface area contributed by atoms with E-state index in [1.807, 2.05) is 13.8 Å². The Morgan fingerprint density at radius 3 is 2.14 bits per heavy atom. The van der Waals surface area contributed by atoms with Crippen LogP contribution in [0, 0.1) is 5.92 Å². The second-order valence-electron chi connectivity index (χ2n) is 7.61. The molecule has 0 aromatic heterocycles. The maximum absolute atomic E-state index is 11.4. The van der Waals surface area contributed by atoms with E-state index in [4.69, 9.17) is 14.3 Å². The maximum Gasteiger partial charge on any atom is 0.219 e. The second kappa shape index (κ2) is 8.56. The normalized spacial score (nSPS) is 18.5. The first-order chi connectivity index (χ1) is 9.76. The van der Waals surface area contributed by atoms with Crippen LogP contribution in [0.15, 0.2) is 0 Å². The Labute approximate surface area is 139 Å². The number of hydrogen-bond acceptors (Lipinski definition) is 4. The predicted molar refractivity (Wildman–Crippen MR) is 94.3 cm³/mol. The Kier molecular flexibility index (Phi) is 8.47. The van der Waals surface area contributed by atoms with Gasteiger partial charge in [-0.05, 0) is 37.4 Å². The van der Waals surface area contributed by atoms with E-state index < -0.39 is 19.4 Å². The molecule has 0 fully saturated rings. The van der Waals surface area contributed by atoms with Crippen molar-refractivity contribution in [3.8, 4) is 0 Å². The molecule has 0 spiro atoms. The minimum absolute atomic E-state index is 0.0651. The number of nitrogens with two attached hydrogens (primary N) is 1. The molecule has 2 unspecified atom stereocenters. The van der Waals surface area contributed by atoms with Crippen molar-refractivity contribution in [2.75, 3.05) is 6.26 Å². The van der Waals surface area contributed by atoms with Crippen molar-refractivity contribution >= 4 is 25.3 Å². The van der Waals surface area contributed by atoms with Crippen molar-refractivity contribution in [1.82, 2.24) is 0 Å². The van der Waals surface area contributed by atoms with Gasteiger partial charge in [0.15, 0.2) is 19.4 Å².